The number of hydrogen-bond donors (Lipinski definition) is 1. The zero-order chi connectivity index (χ0) is 12.8. The van der Waals surface area contributed by atoms with E-state index in [2.05, 4.69) is 11.4 Å². The molecule has 0 aromatic rings. The van der Waals surface area contributed by atoms with Gasteiger partial charge in [-0.05, 0) is 31.6 Å². The summed E-state index contributed by atoms with van der Waals surface area (Å²) < 4.78 is 10.5. The lowest BCUT2D eigenvalue weighted by Gasteiger charge is -2.30. The minimum Gasteiger partial charge on any atom is -0.381 e. The summed E-state index contributed by atoms with van der Waals surface area (Å²) in [7, 11) is 0. The first kappa shape index (κ1) is 13.3. The first-order valence-electron chi connectivity index (χ1n) is 6.62. The Morgan fingerprint density at radius 2 is 1.83 bits per heavy atom. The molecule has 0 aliphatic carbocycles. The summed E-state index contributed by atoms with van der Waals surface area (Å²) in [4.78, 5) is 12.2. The number of rotatable bonds is 3. The Bertz CT molecular complexity index is 326. The Balaban J connectivity index is 1.84. The van der Waals surface area contributed by atoms with Crippen LogP contribution >= 0.6 is 0 Å². The second-order valence-electron chi connectivity index (χ2n) is 5.07. The maximum atomic E-state index is 12.2. The molecule has 2 fully saturated rings. The summed E-state index contributed by atoms with van der Waals surface area (Å²) in [5, 5.41) is 12.2. The molecule has 2 heterocycles. The van der Waals surface area contributed by atoms with E-state index in [1.165, 1.54) is 0 Å². The molecule has 2 aliphatic heterocycles. The lowest BCUT2D eigenvalue weighted by molar-refractivity contribution is -0.132. The molecule has 0 saturated carbocycles. The van der Waals surface area contributed by atoms with E-state index in [4.69, 9.17) is 9.47 Å². The van der Waals surface area contributed by atoms with Crippen LogP contribution in [0.5, 0.6) is 0 Å². The lowest BCUT2D eigenvalue weighted by atomic mass is 9.80. The fourth-order valence-corrected chi connectivity index (χ4v) is 2.47. The van der Waals surface area contributed by atoms with Crippen LogP contribution in [0.1, 0.15) is 25.7 Å². The number of nitrogens with zero attached hydrogens (tertiary/aromatic N) is 1. The first-order chi connectivity index (χ1) is 8.77. The standard InChI is InChI=1S/C13H20N2O3/c14-10-13(3-7-18-8-4-13)12(16)15-9-11-1-5-17-6-2-11/h11H,1-9H2,(H,15,16). The summed E-state index contributed by atoms with van der Waals surface area (Å²) in [6, 6.07) is 2.19. The number of amides is 1. The number of nitrogens with one attached hydrogen (secondary N) is 1. The zero-order valence-corrected chi connectivity index (χ0v) is 10.6. The van der Waals surface area contributed by atoms with Crippen molar-refractivity contribution in [3.8, 4) is 6.07 Å². The van der Waals surface area contributed by atoms with Crippen LogP contribution in [-0.2, 0) is 14.3 Å². The third-order valence-electron chi connectivity index (χ3n) is 3.89. The molecule has 0 radical (unpaired) electrons. The fourth-order valence-electron chi connectivity index (χ4n) is 2.47. The average molecular weight is 252 g/mol. The third-order valence-corrected chi connectivity index (χ3v) is 3.89. The Morgan fingerprint density at radius 1 is 1.22 bits per heavy atom. The molecule has 0 atom stereocenters. The predicted molar refractivity (Wildman–Crippen MR) is 64.7 cm³/mol. The number of carbonyl (C=O) groups excluding carboxylic acids is 1. The molecule has 18 heavy (non-hydrogen) atoms. The molecular formula is C13H20N2O3. The number of hydrogen-bond acceptors (Lipinski definition) is 4. The molecule has 5 nitrogen and oxygen atoms in total. The molecule has 0 spiro atoms. The van der Waals surface area contributed by atoms with Crippen LogP contribution in [0.25, 0.3) is 0 Å². The van der Waals surface area contributed by atoms with Gasteiger partial charge in [0.2, 0.25) is 5.91 Å². The predicted octanol–water partition coefficient (Wildman–Crippen LogP) is 0.850. The van der Waals surface area contributed by atoms with Crippen LogP contribution in [0.4, 0.5) is 0 Å². The van der Waals surface area contributed by atoms with Crippen LogP contribution in [0.2, 0.25) is 0 Å². The highest BCUT2D eigenvalue weighted by Crippen LogP contribution is 2.30. The van der Waals surface area contributed by atoms with E-state index >= 15 is 0 Å². The van der Waals surface area contributed by atoms with Crippen molar-refractivity contribution in [1.82, 2.24) is 5.32 Å². The van der Waals surface area contributed by atoms with Crippen LogP contribution in [-0.4, -0.2) is 38.9 Å². The van der Waals surface area contributed by atoms with Crippen molar-refractivity contribution in [2.75, 3.05) is 33.0 Å². The van der Waals surface area contributed by atoms with Gasteiger partial charge in [-0.3, -0.25) is 4.79 Å². The van der Waals surface area contributed by atoms with Crippen LogP contribution < -0.4 is 5.32 Å². The molecule has 5 heteroatoms. The maximum Gasteiger partial charge on any atom is 0.240 e. The Hall–Kier alpha value is -1.12. The molecule has 0 aromatic heterocycles. The summed E-state index contributed by atoms with van der Waals surface area (Å²) in [5.74, 6) is 0.359. The van der Waals surface area contributed by atoms with Gasteiger partial charge in [-0.2, -0.15) is 5.26 Å². The largest absolute Gasteiger partial charge is 0.381 e. The number of carbonyl (C=O) groups is 1. The van der Waals surface area contributed by atoms with Crippen molar-refractivity contribution in [2.45, 2.75) is 25.7 Å². The van der Waals surface area contributed by atoms with Gasteiger partial charge in [-0.25, -0.2) is 0 Å². The third kappa shape index (κ3) is 3.01. The molecule has 2 rings (SSSR count). The number of ether oxygens (including phenoxy) is 2. The molecule has 0 aromatic carbocycles. The zero-order valence-electron chi connectivity index (χ0n) is 10.6. The van der Waals surface area contributed by atoms with E-state index in [1.54, 1.807) is 0 Å². The smallest absolute Gasteiger partial charge is 0.240 e. The summed E-state index contributed by atoms with van der Waals surface area (Å²) in [5.41, 5.74) is -0.872. The molecule has 2 aliphatic rings. The molecule has 0 unspecified atom stereocenters. The van der Waals surface area contributed by atoms with E-state index < -0.39 is 5.41 Å². The summed E-state index contributed by atoms with van der Waals surface area (Å²) in [6.07, 6.45) is 2.98. The normalized spacial score (nSPS) is 24.2. The highest BCUT2D eigenvalue weighted by Gasteiger charge is 2.40. The van der Waals surface area contributed by atoms with Crippen molar-refractivity contribution < 1.29 is 14.3 Å². The van der Waals surface area contributed by atoms with Crippen molar-refractivity contribution in [3.05, 3.63) is 0 Å². The average Bonchev–Trinajstić information content (AvgIpc) is 2.46. The van der Waals surface area contributed by atoms with Gasteiger partial charge < -0.3 is 14.8 Å². The van der Waals surface area contributed by atoms with Crippen molar-refractivity contribution in [3.63, 3.8) is 0 Å². The van der Waals surface area contributed by atoms with Gasteiger partial charge in [-0.1, -0.05) is 0 Å². The highest BCUT2D eigenvalue weighted by atomic mass is 16.5. The van der Waals surface area contributed by atoms with Gasteiger partial charge in [0.1, 0.15) is 5.41 Å². The lowest BCUT2D eigenvalue weighted by Crippen LogP contribution is -2.45. The SMILES string of the molecule is N#CC1(C(=O)NCC2CCOCC2)CCOCC1. The molecule has 1 amide bonds. The van der Waals surface area contributed by atoms with Crippen molar-refractivity contribution in [1.29, 1.82) is 5.26 Å². The van der Waals surface area contributed by atoms with Gasteiger partial charge in [0.05, 0.1) is 6.07 Å². The fraction of sp³-hybridized carbons (Fsp3) is 0.846. The Morgan fingerprint density at radius 3 is 2.44 bits per heavy atom. The summed E-state index contributed by atoms with van der Waals surface area (Å²) >= 11 is 0. The Labute approximate surface area is 107 Å². The monoisotopic (exact) mass is 252 g/mol. The highest BCUT2D eigenvalue weighted by molar-refractivity contribution is 5.85. The summed E-state index contributed by atoms with van der Waals surface area (Å²) in [6.45, 7) is 3.21. The minimum atomic E-state index is -0.872. The molecule has 2 saturated heterocycles. The second-order valence-corrected chi connectivity index (χ2v) is 5.07. The second kappa shape index (κ2) is 6.17. The minimum absolute atomic E-state index is 0.125. The molecular weight excluding hydrogens is 232 g/mol. The van der Waals surface area contributed by atoms with E-state index in [0.717, 1.165) is 26.1 Å². The van der Waals surface area contributed by atoms with E-state index in [9.17, 15) is 10.1 Å². The van der Waals surface area contributed by atoms with Gasteiger partial charge in [0.25, 0.3) is 0 Å². The van der Waals surface area contributed by atoms with E-state index in [-0.39, 0.29) is 5.91 Å². The van der Waals surface area contributed by atoms with Crippen LogP contribution in [0.15, 0.2) is 0 Å². The van der Waals surface area contributed by atoms with Crippen LogP contribution in [0.3, 0.4) is 0 Å². The first-order valence-corrected chi connectivity index (χ1v) is 6.62. The molecule has 100 valence electrons. The topological polar surface area (TPSA) is 71.4 Å². The van der Waals surface area contributed by atoms with Gasteiger partial charge in [-0.15, -0.1) is 0 Å². The van der Waals surface area contributed by atoms with Crippen molar-refractivity contribution >= 4 is 5.91 Å². The Kier molecular flexibility index (Phi) is 4.56. The van der Waals surface area contributed by atoms with Gasteiger partial charge >= 0.3 is 0 Å². The van der Waals surface area contributed by atoms with Crippen molar-refractivity contribution in [2.24, 2.45) is 11.3 Å². The molecule has 1 N–H and O–H groups in total. The van der Waals surface area contributed by atoms with Gasteiger partial charge in [0.15, 0.2) is 0 Å². The molecule has 0 bridgehead atoms. The van der Waals surface area contributed by atoms with E-state index in [0.29, 0.717) is 38.5 Å². The maximum absolute atomic E-state index is 12.2. The quantitative estimate of drug-likeness (QED) is 0.808. The van der Waals surface area contributed by atoms with Crippen LogP contribution in [0, 0.1) is 22.7 Å². The number of nitriles is 1. The van der Waals surface area contributed by atoms with Gasteiger partial charge in [0, 0.05) is 33.0 Å². The van der Waals surface area contributed by atoms with E-state index in [1.807, 2.05) is 0 Å².